The Kier molecular flexibility index (Phi) is 3.99. The Hall–Kier alpha value is -1.58. The van der Waals surface area contributed by atoms with Crippen LogP contribution in [0.15, 0.2) is 11.0 Å². The van der Waals surface area contributed by atoms with Crippen molar-refractivity contribution in [3.8, 4) is 12.3 Å². The van der Waals surface area contributed by atoms with Gasteiger partial charge < -0.3 is 5.73 Å². The van der Waals surface area contributed by atoms with Gasteiger partial charge in [-0.3, -0.25) is 0 Å². The highest BCUT2D eigenvalue weighted by atomic mass is 32.2. The number of halogens is 1. The number of rotatable bonds is 3. The maximum atomic E-state index is 13.4. The molecule has 6 heteroatoms. The molecule has 1 rings (SSSR count). The number of terminal acetylenes is 1. The van der Waals surface area contributed by atoms with Gasteiger partial charge >= 0.3 is 0 Å². The number of aryl methyl sites for hydroxylation is 1. The van der Waals surface area contributed by atoms with Gasteiger partial charge in [0.15, 0.2) is 0 Å². The van der Waals surface area contributed by atoms with Gasteiger partial charge in [0.2, 0.25) is 10.0 Å². The standard InChI is InChI=1S/C12H15FN2O2S/c1-5-8(3)15-18(16,17)12-7(2)6-10(13)11(14)9(12)4/h1,6,8,15H,14H2,2-4H3. The third-order valence-corrected chi connectivity index (χ3v) is 4.38. The molecule has 0 amide bonds. The molecule has 98 valence electrons. The van der Waals surface area contributed by atoms with Gasteiger partial charge in [-0.2, -0.15) is 4.72 Å². The molecule has 3 N–H and O–H groups in total. The Bertz CT molecular complexity index is 618. The molecule has 0 aliphatic heterocycles. The van der Waals surface area contributed by atoms with Gasteiger partial charge in [0.25, 0.3) is 0 Å². The van der Waals surface area contributed by atoms with Crippen molar-refractivity contribution in [1.29, 1.82) is 0 Å². The van der Waals surface area contributed by atoms with Crippen LogP contribution in [0.3, 0.4) is 0 Å². The fourth-order valence-electron chi connectivity index (χ4n) is 1.67. The zero-order valence-electron chi connectivity index (χ0n) is 10.4. The molecule has 0 saturated carbocycles. The van der Waals surface area contributed by atoms with Crippen LogP contribution in [0.4, 0.5) is 10.1 Å². The molecule has 0 fully saturated rings. The van der Waals surface area contributed by atoms with E-state index in [2.05, 4.69) is 10.6 Å². The topological polar surface area (TPSA) is 72.2 Å². The van der Waals surface area contributed by atoms with Crippen molar-refractivity contribution in [2.24, 2.45) is 0 Å². The van der Waals surface area contributed by atoms with Gasteiger partial charge in [0.1, 0.15) is 5.82 Å². The summed E-state index contributed by atoms with van der Waals surface area (Å²) < 4.78 is 39.9. The highest BCUT2D eigenvalue weighted by molar-refractivity contribution is 7.89. The van der Waals surface area contributed by atoms with Crippen LogP contribution in [0.25, 0.3) is 0 Å². The fraction of sp³-hybridized carbons (Fsp3) is 0.333. The molecule has 1 atom stereocenters. The summed E-state index contributed by atoms with van der Waals surface area (Å²) in [5.74, 6) is 1.63. The molecular weight excluding hydrogens is 255 g/mol. The maximum absolute atomic E-state index is 13.4. The lowest BCUT2D eigenvalue weighted by atomic mass is 10.1. The smallest absolute Gasteiger partial charge is 0.242 e. The lowest BCUT2D eigenvalue weighted by Crippen LogP contribution is -2.32. The Morgan fingerprint density at radius 2 is 2.06 bits per heavy atom. The molecule has 0 spiro atoms. The molecule has 18 heavy (non-hydrogen) atoms. The van der Waals surface area contributed by atoms with Gasteiger partial charge in [0.05, 0.1) is 16.6 Å². The molecule has 0 aliphatic rings. The molecule has 0 radical (unpaired) electrons. The number of nitrogens with two attached hydrogens (primary N) is 1. The SMILES string of the molecule is C#CC(C)NS(=O)(=O)c1c(C)cc(F)c(N)c1C. The first-order valence-corrected chi connectivity index (χ1v) is 6.72. The normalized spacial score (nSPS) is 13.1. The van der Waals surface area contributed by atoms with E-state index in [-0.39, 0.29) is 21.7 Å². The van der Waals surface area contributed by atoms with Crippen LogP contribution in [0.2, 0.25) is 0 Å². The Morgan fingerprint density at radius 3 is 2.56 bits per heavy atom. The van der Waals surface area contributed by atoms with Gasteiger partial charge in [0, 0.05) is 0 Å². The first kappa shape index (κ1) is 14.5. The van der Waals surface area contributed by atoms with E-state index in [9.17, 15) is 12.8 Å². The van der Waals surface area contributed by atoms with Crippen LogP contribution in [0.1, 0.15) is 18.1 Å². The van der Waals surface area contributed by atoms with Gasteiger partial charge in [-0.25, -0.2) is 12.8 Å². The highest BCUT2D eigenvalue weighted by Crippen LogP contribution is 2.27. The summed E-state index contributed by atoms with van der Waals surface area (Å²) in [5.41, 5.74) is 5.80. The number of hydrogen-bond donors (Lipinski definition) is 2. The number of nitrogen functional groups attached to an aromatic ring is 1. The lowest BCUT2D eigenvalue weighted by molar-refractivity contribution is 0.575. The van der Waals surface area contributed by atoms with E-state index in [1.54, 1.807) is 0 Å². The molecule has 1 aromatic rings. The van der Waals surface area contributed by atoms with Crippen molar-refractivity contribution in [2.75, 3.05) is 5.73 Å². The average molecular weight is 270 g/mol. The first-order valence-electron chi connectivity index (χ1n) is 5.24. The number of hydrogen-bond acceptors (Lipinski definition) is 3. The van der Waals surface area contributed by atoms with E-state index in [0.717, 1.165) is 6.07 Å². The third-order valence-electron chi connectivity index (χ3n) is 2.55. The summed E-state index contributed by atoms with van der Waals surface area (Å²) in [7, 11) is -3.81. The van der Waals surface area contributed by atoms with Crippen molar-refractivity contribution in [1.82, 2.24) is 4.72 Å². The molecule has 1 aromatic carbocycles. The zero-order valence-corrected chi connectivity index (χ0v) is 11.2. The molecule has 0 saturated heterocycles. The van der Waals surface area contributed by atoms with Crippen LogP contribution < -0.4 is 10.5 Å². The Labute approximate surface area is 106 Å². The number of sulfonamides is 1. The zero-order chi connectivity index (χ0) is 14.1. The molecule has 4 nitrogen and oxygen atoms in total. The molecule has 1 unspecified atom stereocenters. The second-order valence-corrected chi connectivity index (χ2v) is 5.70. The van der Waals surface area contributed by atoms with Crippen molar-refractivity contribution in [3.05, 3.63) is 23.0 Å². The summed E-state index contributed by atoms with van der Waals surface area (Å²) in [5, 5.41) is 0. The summed E-state index contributed by atoms with van der Waals surface area (Å²) in [6.45, 7) is 4.50. The number of benzene rings is 1. The Morgan fingerprint density at radius 1 is 1.50 bits per heavy atom. The predicted octanol–water partition coefficient (Wildman–Crippen LogP) is 1.32. The molecule has 0 bridgehead atoms. The highest BCUT2D eigenvalue weighted by Gasteiger charge is 2.23. The van der Waals surface area contributed by atoms with Crippen LogP contribution in [-0.4, -0.2) is 14.5 Å². The fourth-order valence-corrected chi connectivity index (χ4v) is 3.32. The number of anilines is 1. The minimum atomic E-state index is -3.81. The van der Waals surface area contributed by atoms with Crippen molar-refractivity contribution >= 4 is 15.7 Å². The average Bonchev–Trinajstić information content (AvgIpc) is 2.24. The minimum Gasteiger partial charge on any atom is -0.396 e. The maximum Gasteiger partial charge on any atom is 0.242 e. The second-order valence-electron chi connectivity index (χ2n) is 4.05. The van der Waals surface area contributed by atoms with E-state index >= 15 is 0 Å². The first-order chi connectivity index (χ1) is 8.20. The summed E-state index contributed by atoms with van der Waals surface area (Å²) in [4.78, 5) is -0.0245. The third kappa shape index (κ3) is 2.63. The van der Waals surface area contributed by atoms with E-state index < -0.39 is 21.9 Å². The van der Waals surface area contributed by atoms with Gasteiger partial charge in [-0.05, 0) is 38.0 Å². The van der Waals surface area contributed by atoms with E-state index in [1.807, 2.05) is 0 Å². The summed E-state index contributed by atoms with van der Waals surface area (Å²) in [6.07, 6.45) is 5.13. The quantitative estimate of drug-likeness (QED) is 0.643. The van der Waals surface area contributed by atoms with Crippen LogP contribution in [-0.2, 0) is 10.0 Å². The predicted molar refractivity (Wildman–Crippen MR) is 68.9 cm³/mol. The molecule has 0 aliphatic carbocycles. The number of nitrogens with one attached hydrogen (secondary N) is 1. The van der Waals surface area contributed by atoms with E-state index in [0.29, 0.717) is 0 Å². The van der Waals surface area contributed by atoms with Crippen LogP contribution >= 0.6 is 0 Å². The monoisotopic (exact) mass is 270 g/mol. The van der Waals surface area contributed by atoms with E-state index in [1.165, 1.54) is 20.8 Å². The lowest BCUT2D eigenvalue weighted by Gasteiger charge is -2.15. The summed E-state index contributed by atoms with van der Waals surface area (Å²) >= 11 is 0. The van der Waals surface area contributed by atoms with E-state index in [4.69, 9.17) is 12.2 Å². The summed E-state index contributed by atoms with van der Waals surface area (Å²) in [6, 6.07) is 0.442. The second kappa shape index (κ2) is 4.96. The van der Waals surface area contributed by atoms with Crippen molar-refractivity contribution in [3.63, 3.8) is 0 Å². The van der Waals surface area contributed by atoms with Gasteiger partial charge in [-0.1, -0.05) is 5.92 Å². The minimum absolute atomic E-state index is 0.0245. The molecule has 0 heterocycles. The van der Waals surface area contributed by atoms with Crippen LogP contribution in [0, 0.1) is 32.0 Å². The van der Waals surface area contributed by atoms with Crippen molar-refractivity contribution < 1.29 is 12.8 Å². The Balaban J connectivity index is 3.44. The molecule has 0 aromatic heterocycles. The van der Waals surface area contributed by atoms with Crippen molar-refractivity contribution in [2.45, 2.75) is 31.7 Å². The largest absolute Gasteiger partial charge is 0.396 e. The molecular formula is C12H15FN2O2S. The van der Waals surface area contributed by atoms with Crippen LogP contribution in [0.5, 0.6) is 0 Å². The van der Waals surface area contributed by atoms with Gasteiger partial charge in [-0.15, -0.1) is 6.42 Å².